The lowest BCUT2D eigenvalue weighted by atomic mass is 10.1. The Morgan fingerprint density at radius 3 is 2.82 bits per heavy atom. The highest BCUT2D eigenvalue weighted by molar-refractivity contribution is 5.78. The minimum absolute atomic E-state index is 0.265. The van der Waals surface area contributed by atoms with Crippen LogP contribution in [0, 0.1) is 0 Å². The molecule has 0 spiro atoms. The number of nitrogens with one attached hydrogen (secondary N) is 1. The molecule has 2 heteroatoms. The fourth-order valence-corrected chi connectivity index (χ4v) is 2.01. The van der Waals surface area contributed by atoms with Gasteiger partial charge in [0.2, 0.25) is 0 Å². The van der Waals surface area contributed by atoms with Crippen LogP contribution in [-0.2, 0) is 6.42 Å². The summed E-state index contributed by atoms with van der Waals surface area (Å²) in [5.74, 6) is 1.01. The largest absolute Gasteiger partial charge is 0.459 e. The molecule has 92 valence electrons. The van der Waals surface area contributed by atoms with Crippen molar-refractivity contribution in [2.45, 2.75) is 39.2 Å². The average molecular weight is 231 g/mol. The van der Waals surface area contributed by atoms with Crippen LogP contribution in [0.15, 0.2) is 28.7 Å². The molecular weight excluding hydrogens is 210 g/mol. The molecule has 0 fully saturated rings. The zero-order chi connectivity index (χ0) is 12.3. The summed E-state index contributed by atoms with van der Waals surface area (Å²) in [6.07, 6.45) is 3.66. The SMILES string of the molecule is CCCCc1ccc2oc(C(C)NC)cc2c1. The third-order valence-corrected chi connectivity index (χ3v) is 3.28. The van der Waals surface area contributed by atoms with Gasteiger partial charge in [-0.15, -0.1) is 0 Å². The third-order valence-electron chi connectivity index (χ3n) is 3.28. The average Bonchev–Trinajstić information content (AvgIpc) is 2.78. The van der Waals surface area contributed by atoms with Crippen LogP contribution in [0.2, 0.25) is 0 Å². The molecule has 0 radical (unpaired) electrons. The molecule has 1 aromatic heterocycles. The molecule has 1 N–H and O–H groups in total. The Labute approximate surface area is 103 Å². The van der Waals surface area contributed by atoms with E-state index in [0.29, 0.717) is 0 Å². The smallest absolute Gasteiger partial charge is 0.134 e. The Morgan fingerprint density at radius 2 is 2.12 bits per heavy atom. The molecule has 0 aliphatic rings. The molecule has 1 aromatic carbocycles. The number of fused-ring (bicyclic) bond motifs is 1. The Hall–Kier alpha value is -1.28. The van der Waals surface area contributed by atoms with Gasteiger partial charge in [-0.1, -0.05) is 19.4 Å². The highest BCUT2D eigenvalue weighted by atomic mass is 16.3. The monoisotopic (exact) mass is 231 g/mol. The van der Waals surface area contributed by atoms with E-state index < -0.39 is 0 Å². The highest BCUT2D eigenvalue weighted by Crippen LogP contribution is 2.25. The van der Waals surface area contributed by atoms with E-state index in [1.165, 1.54) is 23.8 Å². The molecule has 2 aromatic rings. The summed E-state index contributed by atoms with van der Waals surface area (Å²) in [6, 6.07) is 8.93. The standard InChI is InChI=1S/C15H21NO/c1-4-5-6-12-7-8-14-13(9-12)10-15(17-14)11(2)16-3/h7-11,16H,4-6H2,1-3H3. The summed E-state index contributed by atoms with van der Waals surface area (Å²) >= 11 is 0. The van der Waals surface area contributed by atoms with Gasteiger partial charge in [0.15, 0.2) is 0 Å². The van der Waals surface area contributed by atoms with Gasteiger partial charge >= 0.3 is 0 Å². The zero-order valence-corrected chi connectivity index (χ0v) is 10.9. The second-order valence-corrected chi connectivity index (χ2v) is 4.63. The molecule has 0 bridgehead atoms. The molecule has 1 atom stereocenters. The first kappa shape index (κ1) is 12.2. The van der Waals surface area contributed by atoms with Crippen molar-refractivity contribution in [3.05, 3.63) is 35.6 Å². The van der Waals surface area contributed by atoms with E-state index in [2.05, 4.69) is 43.4 Å². The van der Waals surface area contributed by atoms with Crippen LogP contribution in [0.1, 0.15) is 44.1 Å². The molecule has 1 unspecified atom stereocenters. The van der Waals surface area contributed by atoms with Crippen molar-refractivity contribution in [3.63, 3.8) is 0 Å². The molecule has 0 amide bonds. The summed E-state index contributed by atoms with van der Waals surface area (Å²) in [5, 5.41) is 4.42. The van der Waals surface area contributed by atoms with Gasteiger partial charge in [0.25, 0.3) is 0 Å². The van der Waals surface area contributed by atoms with E-state index >= 15 is 0 Å². The number of hydrogen-bond acceptors (Lipinski definition) is 2. The maximum Gasteiger partial charge on any atom is 0.134 e. The first-order valence-corrected chi connectivity index (χ1v) is 6.44. The molecule has 1 heterocycles. The highest BCUT2D eigenvalue weighted by Gasteiger charge is 2.09. The fourth-order valence-electron chi connectivity index (χ4n) is 2.01. The molecule has 17 heavy (non-hydrogen) atoms. The molecule has 2 nitrogen and oxygen atoms in total. The third kappa shape index (κ3) is 2.70. The van der Waals surface area contributed by atoms with Crippen molar-refractivity contribution in [2.24, 2.45) is 0 Å². The number of aryl methyl sites for hydroxylation is 1. The second-order valence-electron chi connectivity index (χ2n) is 4.63. The van der Waals surface area contributed by atoms with Gasteiger partial charge in [-0.05, 0) is 50.6 Å². The van der Waals surface area contributed by atoms with Gasteiger partial charge in [0, 0.05) is 5.39 Å². The van der Waals surface area contributed by atoms with Gasteiger partial charge in [0.1, 0.15) is 11.3 Å². The predicted molar refractivity (Wildman–Crippen MR) is 72.3 cm³/mol. The predicted octanol–water partition coefficient (Wildman–Crippen LogP) is 4.06. The van der Waals surface area contributed by atoms with Gasteiger partial charge in [0.05, 0.1) is 6.04 Å². The van der Waals surface area contributed by atoms with Crippen molar-refractivity contribution in [1.29, 1.82) is 0 Å². The lowest BCUT2D eigenvalue weighted by Gasteiger charge is -2.04. The Bertz CT molecular complexity index is 487. The van der Waals surface area contributed by atoms with Crippen molar-refractivity contribution < 1.29 is 4.42 Å². The first-order chi connectivity index (χ1) is 8.24. The molecular formula is C15H21NO. The zero-order valence-electron chi connectivity index (χ0n) is 10.9. The van der Waals surface area contributed by atoms with Crippen LogP contribution >= 0.6 is 0 Å². The number of hydrogen-bond donors (Lipinski definition) is 1. The van der Waals surface area contributed by atoms with Crippen LogP contribution in [0.5, 0.6) is 0 Å². The lowest BCUT2D eigenvalue weighted by molar-refractivity contribution is 0.475. The van der Waals surface area contributed by atoms with E-state index in [9.17, 15) is 0 Å². The second kappa shape index (κ2) is 5.37. The number of rotatable bonds is 5. The topological polar surface area (TPSA) is 25.2 Å². The fraction of sp³-hybridized carbons (Fsp3) is 0.467. The van der Waals surface area contributed by atoms with Gasteiger partial charge in [-0.25, -0.2) is 0 Å². The van der Waals surface area contributed by atoms with Crippen LogP contribution in [0.25, 0.3) is 11.0 Å². The van der Waals surface area contributed by atoms with Crippen molar-refractivity contribution in [2.75, 3.05) is 7.05 Å². The van der Waals surface area contributed by atoms with Gasteiger partial charge < -0.3 is 9.73 Å². The van der Waals surface area contributed by atoms with Crippen molar-refractivity contribution in [3.8, 4) is 0 Å². The molecule has 0 aliphatic heterocycles. The minimum Gasteiger partial charge on any atom is -0.459 e. The van der Waals surface area contributed by atoms with Crippen molar-refractivity contribution >= 4 is 11.0 Å². The molecule has 2 rings (SSSR count). The van der Waals surface area contributed by atoms with E-state index in [0.717, 1.165) is 17.8 Å². The lowest BCUT2D eigenvalue weighted by Crippen LogP contribution is -2.10. The van der Waals surface area contributed by atoms with Gasteiger partial charge in [-0.3, -0.25) is 0 Å². The van der Waals surface area contributed by atoms with Crippen molar-refractivity contribution in [1.82, 2.24) is 5.32 Å². The van der Waals surface area contributed by atoms with E-state index in [1.54, 1.807) is 0 Å². The Balaban J connectivity index is 2.27. The van der Waals surface area contributed by atoms with Crippen LogP contribution < -0.4 is 5.32 Å². The molecule has 0 aliphatic carbocycles. The summed E-state index contributed by atoms with van der Waals surface area (Å²) in [5.41, 5.74) is 2.39. The minimum atomic E-state index is 0.265. The Morgan fingerprint density at radius 1 is 1.29 bits per heavy atom. The van der Waals surface area contributed by atoms with Gasteiger partial charge in [-0.2, -0.15) is 0 Å². The van der Waals surface area contributed by atoms with E-state index in [1.807, 2.05) is 7.05 Å². The van der Waals surface area contributed by atoms with Crippen LogP contribution in [-0.4, -0.2) is 7.05 Å². The first-order valence-electron chi connectivity index (χ1n) is 6.44. The summed E-state index contributed by atoms with van der Waals surface area (Å²) in [6.45, 7) is 4.33. The molecule has 0 saturated carbocycles. The van der Waals surface area contributed by atoms with E-state index in [-0.39, 0.29) is 6.04 Å². The number of furan rings is 1. The van der Waals surface area contributed by atoms with E-state index in [4.69, 9.17) is 4.42 Å². The Kier molecular flexibility index (Phi) is 3.85. The maximum atomic E-state index is 5.82. The number of unbranched alkanes of at least 4 members (excludes halogenated alkanes) is 1. The quantitative estimate of drug-likeness (QED) is 0.839. The molecule has 0 saturated heterocycles. The summed E-state index contributed by atoms with van der Waals surface area (Å²) in [4.78, 5) is 0. The summed E-state index contributed by atoms with van der Waals surface area (Å²) in [7, 11) is 1.95. The number of benzene rings is 1. The normalized spacial score (nSPS) is 13.1. The maximum absolute atomic E-state index is 5.82. The van der Waals surface area contributed by atoms with Crippen LogP contribution in [0.3, 0.4) is 0 Å². The van der Waals surface area contributed by atoms with Crippen LogP contribution in [0.4, 0.5) is 0 Å². The summed E-state index contributed by atoms with van der Waals surface area (Å²) < 4.78 is 5.82.